The van der Waals surface area contributed by atoms with E-state index in [0.29, 0.717) is 12.2 Å². The number of aromatic nitrogens is 1. The molecule has 1 aliphatic rings. The highest BCUT2D eigenvalue weighted by Gasteiger charge is 2.35. The van der Waals surface area contributed by atoms with E-state index in [0.717, 1.165) is 32.5 Å². The minimum Gasteiger partial charge on any atom is -0.342 e. The first-order chi connectivity index (χ1) is 17.4. The highest BCUT2D eigenvalue weighted by atomic mass is 16.2. The fourth-order valence-electron chi connectivity index (χ4n) is 4.35. The Labute approximate surface area is 209 Å². The Bertz CT molecular complexity index is 1520. The first-order valence-electron chi connectivity index (χ1n) is 11.7. The van der Waals surface area contributed by atoms with Crippen LogP contribution in [0.25, 0.3) is 17.0 Å². The van der Waals surface area contributed by atoms with Crippen LogP contribution in [0, 0.1) is 13.8 Å². The second-order valence-electron chi connectivity index (χ2n) is 9.01. The van der Waals surface area contributed by atoms with Gasteiger partial charge in [0.1, 0.15) is 12.2 Å². The van der Waals surface area contributed by atoms with Crippen LogP contribution in [-0.2, 0) is 16.1 Å². The summed E-state index contributed by atoms with van der Waals surface area (Å²) in [5.74, 6) is -0.977. The van der Waals surface area contributed by atoms with Crippen LogP contribution in [0.4, 0.5) is 10.5 Å². The van der Waals surface area contributed by atoms with Gasteiger partial charge in [-0.1, -0.05) is 60.2 Å². The number of nitrogens with one attached hydrogen (secondary N) is 2. The van der Waals surface area contributed by atoms with Crippen molar-refractivity contribution >= 4 is 40.5 Å². The topological polar surface area (TPSA) is 83.4 Å². The maximum atomic E-state index is 13.0. The van der Waals surface area contributed by atoms with Gasteiger partial charge in [-0.3, -0.25) is 9.59 Å². The summed E-state index contributed by atoms with van der Waals surface area (Å²) < 4.78 is 2.13. The number of carbonyl (C=O) groups is 3. The average molecular weight is 479 g/mol. The Morgan fingerprint density at radius 1 is 0.944 bits per heavy atom. The molecular weight excluding hydrogens is 452 g/mol. The van der Waals surface area contributed by atoms with Crippen molar-refractivity contribution in [2.24, 2.45) is 0 Å². The molecule has 1 saturated heterocycles. The average Bonchev–Trinajstić information content (AvgIpc) is 3.32. The molecule has 2 N–H and O–H groups in total. The Kier molecular flexibility index (Phi) is 6.12. The fourth-order valence-corrected chi connectivity index (χ4v) is 4.35. The highest BCUT2D eigenvalue weighted by molar-refractivity contribution is 6.16. The molecule has 4 aromatic rings. The van der Waals surface area contributed by atoms with Crippen molar-refractivity contribution in [1.82, 2.24) is 14.8 Å². The van der Waals surface area contributed by atoms with E-state index in [1.807, 2.05) is 55.6 Å². The van der Waals surface area contributed by atoms with E-state index in [4.69, 9.17) is 0 Å². The number of hydrogen-bond acceptors (Lipinski definition) is 3. The number of urea groups is 1. The summed E-state index contributed by atoms with van der Waals surface area (Å²) in [5.41, 5.74) is 5.95. The quantitative estimate of drug-likeness (QED) is 0.307. The summed E-state index contributed by atoms with van der Waals surface area (Å²) in [6.45, 7) is 4.28. The number of nitrogens with zero attached hydrogens (tertiary/aromatic N) is 2. The number of anilines is 1. The van der Waals surface area contributed by atoms with Crippen molar-refractivity contribution < 1.29 is 14.4 Å². The molecule has 0 aliphatic carbocycles. The molecule has 3 aromatic carbocycles. The lowest BCUT2D eigenvalue weighted by Gasteiger charge is -2.12. The van der Waals surface area contributed by atoms with Crippen LogP contribution in [0.3, 0.4) is 0 Å². The van der Waals surface area contributed by atoms with Gasteiger partial charge in [0.05, 0.1) is 0 Å². The van der Waals surface area contributed by atoms with E-state index in [1.165, 1.54) is 5.56 Å². The van der Waals surface area contributed by atoms with Crippen LogP contribution < -0.4 is 10.6 Å². The maximum absolute atomic E-state index is 13.0. The lowest BCUT2D eigenvalue weighted by molar-refractivity contribution is -0.127. The first-order valence-corrected chi connectivity index (χ1v) is 11.7. The molecule has 1 aromatic heterocycles. The largest absolute Gasteiger partial charge is 0.342 e. The van der Waals surface area contributed by atoms with Crippen molar-refractivity contribution in [1.29, 1.82) is 0 Å². The molecule has 5 rings (SSSR count). The van der Waals surface area contributed by atoms with Crippen LogP contribution >= 0.6 is 0 Å². The second-order valence-corrected chi connectivity index (χ2v) is 9.01. The van der Waals surface area contributed by atoms with Gasteiger partial charge in [-0.15, -0.1) is 0 Å². The summed E-state index contributed by atoms with van der Waals surface area (Å²) in [6, 6.07) is 23.0. The van der Waals surface area contributed by atoms with E-state index >= 15 is 0 Å². The Morgan fingerprint density at radius 2 is 1.72 bits per heavy atom. The number of rotatable bonds is 6. The van der Waals surface area contributed by atoms with Gasteiger partial charge >= 0.3 is 6.03 Å². The number of aryl methyl sites for hydroxylation is 2. The summed E-state index contributed by atoms with van der Waals surface area (Å²) in [4.78, 5) is 39.0. The van der Waals surface area contributed by atoms with Gasteiger partial charge in [-0.05, 0) is 49.2 Å². The molecule has 0 radical (unpaired) electrons. The fraction of sp³-hybridized carbons (Fsp3) is 0.138. The maximum Gasteiger partial charge on any atom is 0.329 e. The van der Waals surface area contributed by atoms with Crippen molar-refractivity contribution in [2.45, 2.75) is 20.4 Å². The van der Waals surface area contributed by atoms with Crippen LogP contribution in [0.15, 0.2) is 84.7 Å². The number of amides is 4. The lowest BCUT2D eigenvalue weighted by Crippen LogP contribution is -2.38. The van der Waals surface area contributed by atoms with Crippen molar-refractivity contribution in [3.8, 4) is 0 Å². The van der Waals surface area contributed by atoms with Crippen LogP contribution in [-0.4, -0.2) is 33.9 Å². The van der Waals surface area contributed by atoms with Crippen LogP contribution in [0.5, 0.6) is 0 Å². The standard InChI is InChI=1S/C29H26N4O3/c1-19-10-12-21(13-11-19)16-32-17-22(24-8-3-4-9-26(24)32)15-25-28(35)33(29(36)31-25)18-27(34)30-23-7-5-6-20(2)14-23/h3-15,17H,16,18H2,1-2H3,(H,30,34)(H,31,36)/b25-15+. The number of imide groups is 1. The third kappa shape index (κ3) is 4.77. The Hall–Kier alpha value is -4.65. The number of benzene rings is 3. The van der Waals surface area contributed by atoms with Gasteiger partial charge in [0, 0.05) is 34.9 Å². The molecule has 36 heavy (non-hydrogen) atoms. The zero-order valence-corrected chi connectivity index (χ0v) is 20.1. The molecule has 0 unspecified atom stereocenters. The molecule has 1 fully saturated rings. The van der Waals surface area contributed by atoms with Gasteiger partial charge < -0.3 is 15.2 Å². The minimum absolute atomic E-state index is 0.140. The van der Waals surface area contributed by atoms with Gasteiger partial charge in [-0.2, -0.15) is 0 Å². The molecule has 1 aliphatic heterocycles. The molecule has 7 nitrogen and oxygen atoms in total. The monoisotopic (exact) mass is 478 g/mol. The third-order valence-corrected chi connectivity index (χ3v) is 6.16. The highest BCUT2D eigenvalue weighted by Crippen LogP contribution is 2.26. The molecule has 7 heteroatoms. The van der Waals surface area contributed by atoms with Crippen molar-refractivity contribution in [3.05, 3.63) is 107 Å². The molecule has 4 amide bonds. The Balaban J connectivity index is 1.37. The van der Waals surface area contributed by atoms with E-state index in [2.05, 4.69) is 46.4 Å². The van der Waals surface area contributed by atoms with Gasteiger partial charge in [-0.25, -0.2) is 9.69 Å². The Morgan fingerprint density at radius 3 is 2.50 bits per heavy atom. The number of hydrogen-bond donors (Lipinski definition) is 2. The van der Waals surface area contributed by atoms with E-state index in [1.54, 1.807) is 12.1 Å². The lowest BCUT2D eigenvalue weighted by atomic mass is 10.1. The predicted octanol–water partition coefficient (Wildman–Crippen LogP) is 4.84. The molecule has 0 saturated carbocycles. The van der Waals surface area contributed by atoms with Crippen molar-refractivity contribution in [3.63, 3.8) is 0 Å². The van der Waals surface area contributed by atoms with E-state index < -0.39 is 17.8 Å². The predicted molar refractivity (Wildman–Crippen MR) is 140 cm³/mol. The molecule has 0 bridgehead atoms. The van der Waals surface area contributed by atoms with Gasteiger partial charge in [0.2, 0.25) is 5.91 Å². The molecule has 0 spiro atoms. The number of fused-ring (bicyclic) bond motifs is 1. The normalized spacial score (nSPS) is 14.5. The third-order valence-electron chi connectivity index (χ3n) is 6.16. The zero-order chi connectivity index (χ0) is 25.2. The summed E-state index contributed by atoms with van der Waals surface area (Å²) in [7, 11) is 0. The molecular formula is C29H26N4O3. The molecule has 2 heterocycles. The second kappa shape index (κ2) is 9.54. The summed E-state index contributed by atoms with van der Waals surface area (Å²) >= 11 is 0. The van der Waals surface area contributed by atoms with E-state index in [9.17, 15) is 14.4 Å². The number of carbonyl (C=O) groups excluding carboxylic acids is 3. The SMILES string of the molecule is Cc1ccc(Cn2cc(/C=C3/NC(=O)N(CC(=O)Nc4cccc(C)c4)C3=O)c3ccccc32)cc1. The zero-order valence-electron chi connectivity index (χ0n) is 20.1. The van der Waals surface area contributed by atoms with Crippen LogP contribution in [0.1, 0.15) is 22.3 Å². The van der Waals surface area contributed by atoms with Gasteiger partial charge in [0.15, 0.2) is 0 Å². The first kappa shape index (κ1) is 23.1. The van der Waals surface area contributed by atoms with Crippen molar-refractivity contribution in [2.75, 3.05) is 11.9 Å². The summed E-state index contributed by atoms with van der Waals surface area (Å²) in [5, 5.41) is 6.32. The smallest absolute Gasteiger partial charge is 0.329 e. The van der Waals surface area contributed by atoms with Gasteiger partial charge in [0.25, 0.3) is 5.91 Å². The molecule has 0 atom stereocenters. The molecule has 180 valence electrons. The number of para-hydroxylation sites is 1. The summed E-state index contributed by atoms with van der Waals surface area (Å²) in [6.07, 6.45) is 3.65. The van der Waals surface area contributed by atoms with E-state index in [-0.39, 0.29) is 12.2 Å². The minimum atomic E-state index is -0.617. The van der Waals surface area contributed by atoms with Crippen LogP contribution in [0.2, 0.25) is 0 Å².